The molecule has 0 aliphatic carbocycles. The van der Waals surface area contributed by atoms with Crippen LogP contribution in [0.5, 0.6) is 0 Å². The predicted octanol–water partition coefficient (Wildman–Crippen LogP) is 2.13. The van der Waals surface area contributed by atoms with Crippen molar-refractivity contribution < 1.29 is 14.0 Å². The van der Waals surface area contributed by atoms with Gasteiger partial charge < -0.3 is 14.0 Å². The number of benzene rings is 1. The van der Waals surface area contributed by atoms with Gasteiger partial charge in [-0.2, -0.15) is 11.3 Å². The molecule has 1 aromatic heterocycles. The fourth-order valence-corrected chi connectivity index (χ4v) is 3.80. The van der Waals surface area contributed by atoms with Crippen LogP contribution >= 0.6 is 11.3 Å². The molecular formula is C13H14BO3S-. The van der Waals surface area contributed by atoms with Gasteiger partial charge in [-0.25, -0.2) is 0 Å². The minimum Gasteiger partial charge on any atom is -0.540 e. The minimum atomic E-state index is -1.69. The molecule has 1 aromatic carbocycles. The molecule has 5 heteroatoms. The Morgan fingerprint density at radius 3 is 2.44 bits per heavy atom. The largest absolute Gasteiger partial charge is 0.540 e. The van der Waals surface area contributed by atoms with Crippen LogP contribution < -0.4 is 4.78 Å². The first-order valence-electron chi connectivity index (χ1n) is 6.24. The lowest BCUT2D eigenvalue weighted by molar-refractivity contribution is -0.119. The molecule has 5 rings (SSSR count). The molecule has 0 spiro atoms. The van der Waals surface area contributed by atoms with Gasteiger partial charge >= 0.3 is 6.75 Å². The van der Waals surface area contributed by atoms with Gasteiger partial charge in [-0.1, -0.05) is 36.0 Å². The fourth-order valence-electron chi connectivity index (χ4n) is 2.63. The van der Waals surface area contributed by atoms with E-state index in [2.05, 4.69) is 31.2 Å². The molecule has 3 aliphatic rings. The van der Waals surface area contributed by atoms with E-state index in [0.717, 1.165) is 24.6 Å². The fraction of sp³-hybridized carbons (Fsp3) is 0.385. The van der Waals surface area contributed by atoms with E-state index in [9.17, 15) is 0 Å². The van der Waals surface area contributed by atoms with Gasteiger partial charge in [0.25, 0.3) is 0 Å². The van der Waals surface area contributed by atoms with Gasteiger partial charge in [0.2, 0.25) is 0 Å². The van der Waals surface area contributed by atoms with Gasteiger partial charge in [-0.05, 0) is 11.5 Å². The molecule has 18 heavy (non-hydrogen) atoms. The highest BCUT2D eigenvalue weighted by molar-refractivity contribution is 7.29. The van der Waals surface area contributed by atoms with Crippen LogP contribution in [0.15, 0.2) is 30.3 Å². The highest BCUT2D eigenvalue weighted by Gasteiger charge is 2.47. The average molecular weight is 261 g/mol. The zero-order valence-corrected chi connectivity index (χ0v) is 11.0. The Labute approximate surface area is 110 Å². The first-order chi connectivity index (χ1) is 8.69. The molecule has 3 nitrogen and oxygen atoms in total. The van der Waals surface area contributed by atoms with E-state index in [1.54, 1.807) is 11.3 Å². The lowest BCUT2D eigenvalue weighted by Gasteiger charge is -2.57. The molecule has 2 aromatic rings. The second-order valence-electron chi connectivity index (χ2n) is 5.57. The SMILES string of the molecule is CC12CO[B-](c3cc4ccccc4s3)(OC1)OC2. The van der Waals surface area contributed by atoms with Crippen LogP contribution in [-0.4, -0.2) is 26.6 Å². The lowest BCUT2D eigenvalue weighted by atomic mass is 9.69. The Balaban J connectivity index is 1.78. The van der Waals surface area contributed by atoms with E-state index < -0.39 is 6.75 Å². The molecule has 0 amide bonds. The zero-order chi connectivity index (χ0) is 12.2. The second kappa shape index (κ2) is 3.57. The summed E-state index contributed by atoms with van der Waals surface area (Å²) in [5, 5.41) is 1.23. The van der Waals surface area contributed by atoms with E-state index in [1.807, 2.05) is 6.07 Å². The molecule has 0 N–H and O–H groups in total. The molecular weight excluding hydrogens is 247 g/mol. The quantitative estimate of drug-likeness (QED) is 0.736. The lowest BCUT2D eigenvalue weighted by Crippen LogP contribution is -2.68. The van der Waals surface area contributed by atoms with Gasteiger partial charge in [0.05, 0.1) is 0 Å². The van der Waals surface area contributed by atoms with Crippen molar-refractivity contribution in [1.29, 1.82) is 0 Å². The molecule has 3 saturated heterocycles. The third-order valence-corrected chi connectivity index (χ3v) is 4.98. The highest BCUT2D eigenvalue weighted by Crippen LogP contribution is 2.36. The summed E-state index contributed by atoms with van der Waals surface area (Å²) in [6.07, 6.45) is 0. The van der Waals surface area contributed by atoms with Crippen LogP contribution in [0.2, 0.25) is 0 Å². The van der Waals surface area contributed by atoms with E-state index >= 15 is 0 Å². The third kappa shape index (κ3) is 1.48. The van der Waals surface area contributed by atoms with Gasteiger partial charge in [0.15, 0.2) is 0 Å². The molecule has 0 saturated carbocycles. The first-order valence-corrected chi connectivity index (χ1v) is 7.05. The molecule has 94 valence electrons. The normalized spacial score (nSPS) is 35.2. The van der Waals surface area contributed by atoms with Crippen LogP contribution in [0.25, 0.3) is 10.1 Å². The van der Waals surface area contributed by atoms with E-state index in [4.69, 9.17) is 14.0 Å². The summed E-state index contributed by atoms with van der Waals surface area (Å²) >= 11 is 1.70. The Hall–Kier alpha value is -0.875. The van der Waals surface area contributed by atoms with Crippen molar-refractivity contribution in [2.24, 2.45) is 5.41 Å². The van der Waals surface area contributed by atoms with Gasteiger partial charge in [0, 0.05) is 29.9 Å². The van der Waals surface area contributed by atoms with Crippen molar-refractivity contribution in [3.05, 3.63) is 30.3 Å². The Kier molecular flexibility index (Phi) is 2.18. The predicted molar refractivity (Wildman–Crippen MR) is 73.2 cm³/mol. The van der Waals surface area contributed by atoms with Crippen molar-refractivity contribution in [2.75, 3.05) is 19.8 Å². The summed E-state index contributed by atoms with van der Waals surface area (Å²) in [7, 11) is 0. The molecule has 2 bridgehead atoms. The summed E-state index contributed by atoms with van der Waals surface area (Å²) in [5.41, 5.74) is 0.0280. The maximum Gasteiger partial charge on any atom is 0.419 e. The van der Waals surface area contributed by atoms with Crippen molar-refractivity contribution in [3.63, 3.8) is 0 Å². The van der Waals surface area contributed by atoms with E-state index in [-0.39, 0.29) is 5.41 Å². The van der Waals surface area contributed by atoms with Crippen LogP contribution in [0.4, 0.5) is 0 Å². The summed E-state index contributed by atoms with van der Waals surface area (Å²) in [6, 6.07) is 10.5. The van der Waals surface area contributed by atoms with E-state index in [1.165, 1.54) is 10.1 Å². The maximum atomic E-state index is 5.91. The van der Waals surface area contributed by atoms with Crippen molar-refractivity contribution in [1.82, 2.24) is 0 Å². The monoisotopic (exact) mass is 261 g/mol. The van der Waals surface area contributed by atoms with Crippen LogP contribution in [0, 0.1) is 5.41 Å². The third-order valence-electron chi connectivity index (χ3n) is 3.75. The van der Waals surface area contributed by atoms with Crippen molar-refractivity contribution in [2.45, 2.75) is 6.92 Å². The summed E-state index contributed by atoms with van der Waals surface area (Å²) in [4.78, 5) is 0. The number of fused-ring (bicyclic) bond motifs is 4. The molecule has 3 fully saturated rings. The number of thiophene rings is 1. The molecule has 3 aliphatic heterocycles. The van der Waals surface area contributed by atoms with Gasteiger partial charge in [-0.15, -0.1) is 0 Å². The first kappa shape index (κ1) is 11.0. The van der Waals surface area contributed by atoms with Crippen molar-refractivity contribution in [3.8, 4) is 0 Å². The van der Waals surface area contributed by atoms with Crippen LogP contribution in [0.1, 0.15) is 6.92 Å². The smallest absolute Gasteiger partial charge is 0.419 e. The Bertz CT molecular complexity index is 552. The number of hydrogen-bond donors (Lipinski definition) is 0. The summed E-state index contributed by atoms with van der Waals surface area (Å²) < 4.78 is 20.1. The number of rotatable bonds is 1. The van der Waals surface area contributed by atoms with Gasteiger partial charge in [0.1, 0.15) is 0 Å². The topological polar surface area (TPSA) is 27.7 Å². The number of hydrogen-bond acceptors (Lipinski definition) is 4. The van der Waals surface area contributed by atoms with Crippen LogP contribution in [-0.2, 0) is 14.0 Å². The molecule has 0 radical (unpaired) electrons. The van der Waals surface area contributed by atoms with Gasteiger partial charge in [-0.3, -0.25) is 0 Å². The second-order valence-corrected chi connectivity index (χ2v) is 6.69. The maximum absolute atomic E-state index is 5.91. The Morgan fingerprint density at radius 2 is 1.78 bits per heavy atom. The summed E-state index contributed by atoms with van der Waals surface area (Å²) in [6.45, 7) is 2.62. The highest BCUT2D eigenvalue weighted by atomic mass is 32.1. The van der Waals surface area contributed by atoms with Crippen molar-refractivity contribution >= 4 is 33.0 Å². The van der Waals surface area contributed by atoms with Crippen LogP contribution in [0.3, 0.4) is 0 Å². The standard InChI is InChI=1S/C13H14BO3S/c1-13-7-15-14(16-8-13,17-9-13)12-6-10-4-2-3-5-11(10)18-12/h2-6H,7-9H2,1H3/q-1. The zero-order valence-electron chi connectivity index (χ0n) is 10.2. The van der Waals surface area contributed by atoms with E-state index in [0.29, 0.717) is 0 Å². The average Bonchev–Trinajstić information content (AvgIpc) is 2.84. The summed E-state index contributed by atoms with van der Waals surface area (Å²) in [5.74, 6) is 0. The minimum absolute atomic E-state index is 0.0280. The Morgan fingerprint density at radius 1 is 1.11 bits per heavy atom. The molecule has 4 heterocycles. The molecule has 0 atom stereocenters. The molecule has 0 unspecified atom stereocenters.